The molecule has 11 heteroatoms. The summed E-state index contributed by atoms with van der Waals surface area (Å²) >= 11 is 0. The van der Waals surface area contributed by atoms with E-state index in [0.717, 1.165) is 11.6 Å². The largest absolute Gasteiger partial charge is 0.499 e. The molecule has 1 amide bonds. The fraction of sp³-hybridized carbons (Fsp3) is 0.273. The van der Waals surface area contributed by atoms with Crippen molar-refractivity contribution in [3.8, 4) is 0 Å². The molecule has 9 nitrogen and oxygen atoms in total. The lowest BCUT2D eigenvalue weighted by molar-refractivity contribution is -0.117. The van der Waals surface area contributed by atoms with E-state index >= 15 is 0 Å². The molecule has 0 unspecified atom stereocenters. The van der Waals surface area contributed by atoms with Crippen molar-refractivity contribution in [1.82, 2.24) is 19.7 Å². The number of halogens is 2. The van der Waals surface area contributed by atoms with E-state index in [1.54, 1.807) is 35.9 Å². The molecule has 0 saturated heterocycles. The Morgan fingerprint density at radius 3 is 2.67 bits per heavy atom. The minimum Gasteiger partial charge on any atom is -0.499 e. The zero-order valence-electron chi connectivity index (χ0n) is 18.4. The Hall–Kier alpha value is -4.02. The number of benzene rings is 1. The Kier molecular flexibility index (Phi) is 5.95. The van der Waals surface area contributed by atoms with Crippen LogP contribution in [-0.2, 0) is 22.6 Å². The van der Waals surface area contributed by atoms with Gasteiger partial charge in [-0.3, -0.25) is 9.48 Å². The molecule has 1 aliphatic rings. The van der Waals surface area contributed by atoms with Gasteiger partial charge >= 0.3 is 0 Å². The molecule has 0 spiro atoms. The predicted molar refractivity (Wildman–Crippen MR) is 119 cm³/mol. The van der Waals surface area contributed by atoms with Crippen molar-refractivity contribution in [2.45, 2.75) is 26.1 Å². The third kappa shape index (κ3) is 4.61. The second-order valence-electron chi connectivity index (χ2n) is 7.68. The number of carbonyl (C=O) groups is 1. The third-order valence-electron chi connectivity index (χ3n) is 5.26. The molecule has 1 aromatic carbocycles. The zero-order chi connectivity index (χ0) is 23.7. The number of likely N-dealkylation sites (N-methyl/N-ethyl adjacent to an activating group) is 1. The minimum atomic E-state index is -0.712. The average molecular weight is 455 g/mol. The first-order valence-corrected chi connectivity index (χ1v) is 10.1. The maximum atomic E-state index is 13.4. The summed E-state index contributed by atoms with van der Waals surface area (Å²) in [5.41, 5.74) is 2.44. The summed E-state index contributed by atoms with van der Waals surface area (Å²) in [7, 11) is 3.20. The molecule has 0 bridgehead atoms. The normalized spacial score (nSPS) is 15.1. The fourth-order valence-corrected chi connectivity index (χ4v) is 3.66. The van der Waals surface area contributed by atoms with Crippen molar-refractivity contribution in [1.29, 1.82) is 0 Å². The van der Waals surface area contributed by atoms with Crippen LogP contribution < -0.4 is 15.5 Å². The van der Waals surface area contributed by atoms with Gasteiger partial charge in [0, 0.05) is 31.4 Å². The number of nitrogens with zero attached hydrogens (tertiary/aromatic N) is 5. The van der Waals surface area contributed by atoms with E-state index in [4.69, 9.17) is 4.74 Å². The lowest BCUT2D eigenvalue weighted by atomic mass is 10.1. The highest BCUT2D eigenvalue weighted by Gasteiger charge is 2.36. The molecule has 3 aromatic rings. The molecular weight excluding hydrogens is 432 g/mol. The van der Waals surface area contributed by atoms with Crippen molar-refractivity contribution in [2.75, 3.05) is 29.7 Å². The topological polar surface area (TPSA) is 97.2 Å². The second kappa shape index (κ2) is 8.85. The van der Waals surface area contributed by atoms with Gasteiger partial charge in [-0.15, -0.1) is 0 Å². The molecule has 33 heavy (non-hydrogen) atoms. The van der Waals surface area contributed by atoms with Gasteiger partial charge in [0.05, 0.1) is 25.5 Å². The van der Waals surface area contributed by atoms with Crippen LogP contribution in [0.15, 0.2) is 42.9 Å². The van der Waals surface area contributed by atoms with Gasteiger partial charge in [-0.05, 0) is 24.6 Å². The molecule has 3 heterocycles. The summed E-state index contributed by atoms with van der Waals surface area (Å²) < 4.78 is 33.6. The zero-order valence-corrected chi connectivity index (χ0v) is 18.4. The number of fused-ring (bicyclic) bond motifs is 1. The summed E-state index contributed by atoms with van der Waals surface area (Å²) in [5, 5.41) is 10.2. The molecular formula is C22H23F2N7O2. The van der Waals surface area contributed by atoms with E-state index in [-0.39, 0.29) is 12.5 Å². The van der Waals surface area contributed by atoms with Gasteiger partial charge in [-0.25, -0.2) is 13.8 Å². The number of aryl methyl sites for hydroxylation is 1. The predicted octanol–water partition coefficient (Wildman–Crippen LogP) is 2.84. The maximum Gasteiger partial charge on any atom is 0.255 e. The van der Waals surface area contributed by atoms with E-state index in [0.29, 0.717) is 41.0 Å². The lowest BCUT2D eigenvalue weighted by Crippen LogP contribution is -2.48. The summed E-state index contributed by atoms with van der Waals surface area (Å²) in [6, 6.07) is 2.66. The van der Waals surface area contributed by atoms with Crippen LogP contribution in [-0.4, -0.2) is 45.9 Å². The van der Waals surface area contributed by atoms with Gasteiger partial charge < -0.3 is 20.3 Å². The van der Waals surface area contributed by atoms with Gasteiger partial charge in [0.1, 0.15) is 23.1 Å². The van der Waals surface area contributed by atoms with Crippen LogP contribution in [0.1, 0.15) is 16.8 Å². The number of hydrogen-bond acceptors (Lipinski definition) is 7. The van der Waals surface area contributed by atoms with Crippen LogP contribution in [0.5, 0.6) is 0 Å². The fourth-order valence-electron chi connectivity index (χ4n) is 3.66. The molecule has 0 saturated carbocycles. The number of anilines is 3. The summed E-state index contributed by atoms with van der Waals surface area (Å²) in [5.74, 6) is -0.313. The second-order valence-corrected chi connectivity index (χ2v) is 7.68. The number of methoxy groups -OCH3 is 1. The molecule has 0 fully saturated rings. The number of nitrogens with one attached hydrogen (secondary N) is 2. The van der Waals surface area contributed by atoms with Crippen molar-refractivity contribution in [3.63, 3.8) is 0 Å². The Balaban J connectivity index is 1.48. The van der Waals surface area contributed by atoms with E-state index in [1.807, 2.05) is 0 Å². The van der Waals surface area contributed by atoms with Crippen LogP contribution >= 0.6 is 0 Å². The van der Waals surface area contributed by atoms with E-state index in [1.165, 1.54) is 19.2 Å². The molecule has 2 N–H and O–H groups in total. The van der Waals surface area contributed by atoms with Crippen molar-refractivity contribution in [2.24, 2.45) is 0 Å². The quantitative estimate of drug-likeness (QED) is 0.529. The Morgan fingerprint density at radius 1 is 1.24 bits per heavy atom. The highest BCUT2D eigenvalue weighted by atomic mass is 19.1. The molecule has 172 valence electrons. The number of aromatic nitrogens is 4. The standard InChI is InChI=1S/C22H23F2N7O2/c1-12-18-20(30(3)19(13(2)33-4)21(32)28-18)29-22(27-12)25-8-15-9-26-31(11-15)10-14-5-16(23)7-17(24)6-14/h5-7,9,11,19H,2,8,10H2,1,3-4H3,(H,28,32)(H,25,27,29)/t19-/m0/s1. The lowest BCUT2D eigenvalue weighted by Gasteiger charge is -2.34. The SMILES string of the molecule is C=C(OC)[C@H]1C(=O)Nc2c(C)nc(NCc3cnn(Cc4cc(F)cc(F)c4)c3)nc2N1C. The van der Waals surface area contributed by atoms with Crippen LogP contribution in [0.3, 0.4) is 0 Å². The van der Waals surface area contributed by atoms with Crippen LogP contribution in [0.25, 0.3) is 0 Å². The van der Waals surface area contributed by atoms with Crippen LogP contribution in [0, 0.1) is 18.6 Å². The van der Waals surface area contributed by atoms with Gasteiger partial charge in [-0.1, -0.05) is 6.58 Å². The van der Waals surface area contributed by atoms with Gasteiger partial charge in [-0.2, -0.15) is 10.1 Å². The van der Waals surface area contributed by atoms with Crippen LogP contribution in [0.4, 0.5) is 26.2 Å². The Labute approximate surface area is 189 Å². The maximum absolute atomic E-state index is 13.4. The van der Waals surface area contributed by atoms with Crippen molar-refractivity contribution >= 4 is 23.4 Å². The highest BCUT2D eigenvalue weighted by molar-refractivity contribution is 6.04. The Morgan fingerprint density at radius 2 is 1.97 bits per heavy atom. The third-order valence-corrected chi connectivity index (χ3v) is 5.26. The number of carbonyl (C=O) groups excluding carboxylic acids is 1. The first-order valence-electron chi connectivity index (χ1n) is 10.1. The molecule has 1 atom stereocenters. The number of ether oxygens (including phenoxy) is 1. The number of hydrogen-bond donors (Lipinski definition) is 2. The van der Waals surface area contributed by atoms with Crippen LogP contribution in [0.2, 0.25) is 0 Å². The summed E-state index contributed by atoms with van der Waals surface area (Å²) in [6.45, 7) is 6.19. The smallest absolute Gasteiger partial charge is 0.255 e. The highest BCUT2D eigenvalue weighted by Crippen LogP contribution is 2.34. The Bertz CT molecular complexity index is 1210. The minimum absolute atomic E-state index is 0.235. The molecule has 0 aliphatic carbocycles. The van der Waals surface area contributed by atoms with E-state index in [9.17, 15) is 13.6 Å². The molecule has 4 rings (SSSR count). The monoisotopic (exact) mass is 455 g/mol. The number of rotatable bonds is 7. The van der Waals surface area contributed by atoms with Crippen molar-refractivity contribution < 1.29 is 18.3 Å². The molecule has 1 aliphatic heterocycles. The van der Waals surface area contributed by atoms with E-state index in [2.05, 4.69) is 32.3 Å². The van der Waals surface area contributed by atoms with Gasteiger partial charge in [0.25, 0.3) is 5.91 Å². The van der Waals surface area contributed by atoms with Gasteiger partial charge in [0.2, 0.25) is 5.95 Å². The van der Waals surface area contributed by atoms with E-state index < -0.39 is 17.7 Å². The number of amides is 1. The molecule has 0 radical (unpaired) electrons. The summed E-state index contributed by atoms with van der Waals surface area (Å²) in [4.78, 5) is 23.1. The average Bonchev–Trinajstić information content (AvgIpc) is 3.19. The van der Waals surface area contributed by atoms with Gasteiger partial charge in [0.15, 0.2) is 11.9 Å². The first kappa shape index (κ1) is 22.2. The molecule has 2 aromatic heterocycles. The summed E-state index contributed by atoms with van der Waals surface area (Å²) in [6.07, 6.45) is 3.42. The van der Waals surface area contributed by atoms with Crippen molar-refractivity contribution in [3.05, 3.63) is 71.4 Å². The first-order chi connectivity index (χ1) is 15.7.